The Labute approximate surface area is 167 Å². The van der Waals surface area contributed by atoms with Gasteiger partial charge in [0.2, 0.25) is 6.41 Å². The van der Waals surface area contributed by atoms with Crippen molar-refractivity contribution in [1.29, 1.82) is 0 Å². The highest BCUT2D eigenvalue weighted by atomic mass is 16.5. The number of aromatic nitrogens is 2. The Balaban J connectivity index is 2.05. The zero-order valence-electron chi connectivity index (χ0n) is 16.6. The first-order chi connectivity index (χ1) is 13.8. The molecule has 2 amide bonds. The van der Waals surface area contributed by atoms with E-state index in [4.69, 9.17) is 4.74 Å². The Hall–Kier alpha value is -3.55. The van der Waals surface area contributed by atoms with Crippen molar-refractivity contribution in [1.82, 2.24) is 9.55 Å². The van der Waals surface area contributed by atoms with Crippen LogP contribution in [0.1, 0.15) is 13.8 Å². The third kappa shape index (κ3) is 2.88. The summed E-state index contributed by atoms with van der Waals surface area (Å²) >= 11 is 0. The molecule has 4 rings (SSSR count). The van der Waals surface area contributed by atoms with Gasteiger partial charge in [0.05, 0.1) is 5.69 Å². The molecule has 2 aromatic heterocycles. The second-order valence-electron chi connectivity index (χ2n) is 7.54. The van der Waals surface area contributed by atoms with Gasteiger partial charge in [-0.15, -0.1) is 0 Å². The number of benzene rings is 1. The van der Waals surface area contributed by atoms with Crippen LogP contribution in [0.3, 0.4) is 0 Å². The van der Waals surface area contributed by atoms with Gasteiger partial charge in [-0.25, -0.2) is 0 Å². The molecule has 3 heterocycles. The molecule has 1 unspecified atom stereocenters. The Bertz CT molecular complexity index is 1190. The number of hydrogen-bond donors (Lipinski definition) is 2. The van der Waals surface area contributed by atoms with Crippen LogP contribution in [0.15, 0.2) is 35.4 Å². The number of carbonyl (C=O) groups is 2. The normalized spacial score (nSPS) is 16.1. The molecule has 2 N–H and O–H groups in total. The Morgan fingerprint density at radius 3 is 2.66 bits per heavy atom. The Morgan fingerprint density at radius 2 is 1.97 bits per heavy atom. The molecule has 29 heavy (non-hydrogen) atoms. The molecule has 1 aliphatic rings. The first-order valence-corrected chi connectivity index (χ1v) is 9.33. The number of fused-ring (bicyclic) bond motifs is 2. The van der Waals surface area contributed by atoms with E-state index in [1.165, 1.54) is 4.57 Å². The number of amides is 2. The molecule has 1 aromatic carbocycles. The predicted molar refractivity (Wildman–Crippen MR) is 111 cm³/mol. The molecule has 0 fully saturated rings. The molecule has 0 spiro atoms. The van der Waals surface area contributed by atoms with E-state index in [-0.39, 0.29) is 17.4 Å². The van der Waals surface area contributed by atoms with Gasteiger partial charge >= 0.3 is 0 Å². The van der Waals surface area contributed by atoms with Crippen LogP contribution in [-0.4, -0.2) is 35.0 Å². The maximum Gasteiger partial charge on any atom is 0.274 e. The van der Waals surface area contributed by atoms with Crippen molar-refractivity contribution in [2.45, 2.75) is 20.0 Å². The predicted octanol–water partition coefficient (Wildman–Crippen LogP) is 2.48. The third-order valence-corrected chi connectivity index (χ3v) is 5.26. The van der Waals surface area contributed by atoms with Crippen molar-refractivity contribution >= 4 is 34.6 Å². The fourth-order valence-corrected chi connectivity index (χ4v) is 3.73. The first kappa shape index (κ1) is 18.8. The van der Waals surface area contributed by atoms with Gasteiger partial charge in [-0.05, 0) is 24.1 Å². The van der Waals surface area contributed by atoms with E-state index in [1.54, 1.807) is 43.5 Å². The average molecular weight is 394 g/mol. The van der Waals surface area contributed by atoms with Gasteiger partial charge in [-0.2, -0.15) is 0 Å². The lowest BCUT2D eigenvalue weighted by atomic mass is 9.97. The molecule has 0 radical (unpaired) electrons. The van der Waals surface area contributed by atoms with Gasteiger partial charge in [0, 0.05) is 48.7 Å². The van der Waals surface area contributed by atoms with E-state index in [0.717, 1.165) is 10.9 Å². The quantitative estimate of drug-likeness (QED) is 0.665. The van der Waals surface area contributed by atoms with Crippen molar-refractivity contribution in [3.63, 3.8) is 0 Å². The molecular weight excluding hydrogens is 372 g/mol. The number of rotatable bonds is 4. The van der Waals surface area contributed by atoms with E-state index < -0.39 is 6.10 Å². The summed E-state index contributed by atoms with van der Waals surface area (Å²) in [4.78, 5) is 40.9. The van der Waals surface area contributed by atoms with Crippen molar-refractivity contribution < 1.29 is 14.3 Å². The molecule has 8 nitrogen and oxygen atoms in total. The molecule has 1 atom stereocenters. The number of likely N-dealkylation sites (N-methyl/N-ethyl adjacent to an activating group) is 1. The highest BCUT2D eigenvalue weighted by molar-refractivity contribution is 6.05. The van der Waals surface area contributed by atoms with Crippen LogP contribution in [0.2, 0.25) is 0 Å². The van der Waals surface area contributed by atoms with Crippen LogP contribution in [0, 0.1) is 5.92 Å². The standard InChI is InChI=1S/C21H22N4O4/c1-11(2)18-21(28)25(4)16-8-12(23-10-26)7-14(19(16)29-18)15-9-24(3)20(27)17-13(15)5-6-22-17/h5-11,18,22H,1-4H3,(H,23,26). The second-order valence-corrected chi connectivity index (χ2v) is 7.54. The van der Waals surface area contributed by atoms with E-state index in [9.17, 15) is 14.4 Å². The van der Waals surface area contributed by atoms with Crippen LogP contribution < -0.4 is 20.5 Å². The second kappa shape index (κ2) is 6.80. The van der Waals surface area contributed by atoms with Gasteiger partial charge in [0.1, 0.15) is 5.52 Å². The fourth-order valence-electron chi connectivity index (χ4n) is 3.73. The minimum absolute atomic E-state index is 0.0221. The number of H-pyrrole nitrogens is 1. The smallest absolute Gasteiger partial charge is 0.274 e. The molecule has 0 saturated heterocycles. The third-order valence-electron chi connectivity index (χ3n) is 5.26. The summed E-state index contributed by atoms with van der Waals surface area (Å²) in [5.74, 6) is 0.378. The fraction of sp³-hybridized carbons (Fsp3) is 0.286. The molecular formula is C21H22N4O4. The first-order valence-electron chi connectivity index (χ1n) is 9.33. The lowest BCUT2D eigenvalue weighted by molar-refractivity contribution is -0.127. The minimum atomic E-state index is -0.620. The highest BCUT2D eigenvalue weighted by Gasteiger charge is 2.36. The SMILES string of the molecule is CC(C)C1Oc2c(-c3cn(C)c(=O)c4[nH]ccc34)cc(NC=O)cc2N(C)C1=O. The number of pyridine rings is 1. The van der Waals surface area contributed by atoms with E-state index >= 15 is 0 Å². The largest absolute Gasteiger partial charge is 0.477 e. The summed E-state index contributed by atoms with van der Waals surface area (Å²) in [6, 6.07) is 5.33. The Morgan fingerprint density at radius 1 is 1.21 bits per heavy atom. The zero-order chi connectivity index (χ0) is 20.9. The minimum Gasteiger partial charge on any atom is -0.477 e. The van der Waals surface area contributed by atoms with Crippen molar-refractivity contribution in [3.8, 4) is 16.9 Å². The number of anilines is 2. The topological polar surface area (TPSA) is 96.4 Å². The summed E-state index contributed by atoms with van der Waals surface area (Å²) in [6.45, 7) is 3.86. The summed E-state index contributed by atoms with van der Waals surface area (Å²) < 4.78 is 7.68. The highest BCUT2D eigenvalue weighted by Crippen LogP contribution is 2.46. The summed E-state index contributed by atoms with van der Waals surface area (Å²) in [6.07, 6.45) is 3.41. The number of nitrogens with zero attached hydrogens (tertiary/aromatic N) is 2. The number of ether oxygens (including phenoxy) is 1. The molecule has 0 aliphatic carbocycles. The molecule has 150 valence electrons. The maximum absolute atomic E-state index is 12.8. The molecule has 8 heteroatoms. The van der Waals surface area contributed by atoms with Crippen LogP contribution in [0.25, 0.3) is 22.0 Å². The summed E-state index contributed by atoms with van der Waals surface area (Å²) in [5.41, 5.74) is 2.88. The van der Waals surface area contributed by atoms with Crippen molar-refractivity contribution in [3.05, 3.63) is 40.9 Å². The van der Waals surface area contributed by atoms with Crippen LogP contribution >= 0.6 is 0 Å². The van der Waals surface area contributed by atoms with Crippen molar-refractivity contribution in [2.75, 3.05) is 17.3 Å². The maximum atomic E-state index is 12.8. The number of carbonyl (C=O) groups excluding carboxylic acids is 2. The summed E-state index contributed by atoms with van der Waals surface area (Å²) in [7, 11) is 3.37. The van der Waals surface area contributed by atoms with Gasteiger partial charge in [0.25, 0.3) is 11.5 Å². The number of nitrogens with one attached hydrogen (secondary N) is 2. The Kier molecular flexibility index (Phi) is 4.41. The van der Waals surface area contributed by atoms with Crippen LogP contribution in [0.4, 0.5) is 11.4 Å². The monoisotopic (exact) mass is 394 g/mol. The van der Waals surface area contributed by atoms with E-state index in [2.05, 4.69) is 10.3 Å². The van der Waals surface area contributed by atoms with Crippen molar-refractivity contribution in [2.24, 2.45) is 13.0 Å². The molecule has 1 aliphatic heterocycles. The number of hydrogen-bond acceptors (Lipinski definition) is 4. The van der Waals surface area contributed by atoms with Gasteiger partial charge in [-0.1, -0.05) is 13.8 Å². The van der Waals surface area contributed by atoms with Gasteiger partial charge in [0.15, 0.2) is 11.9 Å². The number of aromatic amines is 1. The molecule has 0 saturated carbocycles. The lowest BCUT2D eigenvalue weighted by Crippen LogP contribution is -2.46. The van der Waals surface area contributed by atoms with E-state index in [1.807, 2.05) is 19.9 Å². The molecule has 0 bridgehead atoms. The zero-order valence-corrected chi connectivity index (χ0v) is 16.6. The summed E-state index contributed by atoms with van der Waals surface area (Å²) in [5, 5.41) is 3.39. The lowest BCUT2D eigenvalue weighted by Gasteiger charge is -2.35. The average Bonchev–Trinajstić information content (AvgIpc) is 3.17. The molecule has 3 aromatic rings. The van der Waals surface area contributed by atoms with Gasteiger partial charge < -0.3 is 24.5 Å². The number of aryl methyl sites for hydroxylation is 1. The van der Waals surface area contributed by atoms with Gasteiger partial charge in [-0.3, -0.25) is 14.4 Å². The van der Waals surface area contributed by atoms with Crippen LogP contribution in [-0.2, 0) is 16.6 Å². The van der Waals surface area contributed by atoms with Crippen LogP contribution in [0.5, 0.6) is 5.75 Å². The van der Waals surface area contributed by atoms with E-state index in [0.29, 0.717) is 34.6 Å².